The van der Waals surface area contributed by atoms with E-state index in [1.807, 2.05) is 6.92 Å². The van der Waals surface area contributed by atoms with Crippen LogP contribution in [0, 0.1) is 0 Å². The molecule has 114 valence electrons. The second kappa shape index (κ2) is 6.58. The first kappa shape index (κ1) is 15.3. The zero-order chi connectivity index (χ0) is 15.4. The van der Waals surface area contributed by atoms with Crippen molar-refractivity contribution in [1.29, 1.82) is 0 Å². The Morgan fingerprint density at radius 1 is 1.38 bits per heavy atom. The number of hydrogen-bond donors (Lipinski definition) is 2. The number of anilines is 1. The number of ether oxygens (including phenoxy) is 1. The Hall–Kier alpha value is -2.08. The summed E-state index contributed by atoms with van der Waals surface area (Å²) in [7, 11) is 1.57. The zero-order valence-electron chi connectivity index (χ0n) is 12.2. The molecule has 1 aromatic carbocycles. The fourth-order valence-corrected chi connectivity index (χ4v) is 2.38. The second-order valence-electron chi connectivity index (χ2n) is 5.08. The molecule has 0 aromatic heterocycles. The molecule has 0 atom stereocenters. The van der Waals surface area contributed by atoms with E-state index in [2.05, 4.69) is 5.32 Å². The van der Waals surface area contributed by atoms with Crippen molar-refractivity contribution in [3.05, 3.63) is 29.8 Å². The van der Waals surface area contributed by atoms with Crippen LogP contribution in [0.2, 0.25) is 0 Å². The van der Waals surface area contributed by atoms with Crippen molar-refractivity contribution in [2.75, 3.05) is 18.6 Å². The van der Waals surface area contributed by atoms with Crippen LogP contribution >= 0.6 is 0 Å². The van der Waals surface area contributed by atoms with Crippen LogP contribution in [0.5, 0.6) is 0 Å². The molecule has 0 bridgehead atoms. The number of nitrogens with one attached hydrogen (secondary N) is 1. The van der Waals surface area contributed by atoms with E-state index in [0.29, 0.717) is 12.3 Å². The number of carbonyl (C=O) groups is 2. The monoisotopic (exact) mass is 292 g/mol. The molecule has 2 amide bonds. The number of amides is 2. The molecule has 0 radical (unpaired) electrons. The van der Waals surface area contributed by atoms with Gasteiger partial charge < -0.3 is 15.2 Å². The van der Waals surface area contributed by atoms with Gasteiger partial charge >= 0.3 is 12.0 Å². The third kappa shape index (κ3) is 3.52. The molecule has 0 spiro atoms. The summed E-state index contributed by atoms with van der Waals surface area (Å²) >= 11 is 0. The molecule has 0 heterocycles. The topological polar surface area (TPSA) is 78.9 Å². The lowest BCUT2D eigenvalue weighted by atomic mass is 9.89. The molecule has 21 heavy (non-hydrogen) atoms. The van der Waals surface area contributed by atoms with Crippen LogP contribution in [-0.4, -0.2) is 42.9 Å². The SMILES string of the molecule is CCOC1CC(NC(=O)N(C)c2ccccc2C(=O)O)C1. The highest BCUT2D eigenvalue weighted by Crippen LogP contribution is 2.24. The molecule has 1 aliphatic carbocycles. The first-order chi connectivity index (χ1) is 10.0. The lowest BCUT2D eigenvalue weighted by molar-refractivity contribution is -0.00688. The van der Waals surface area contributed by atoms with Gasteiger partial charge in [-0.2, -0.15) is 0 Å². The van der Waals surface area contributed by atoms with Crippen molar-refractivity contribution >= 4 is 17.7 Å². The van der Waals surface area contributed by atoms with Crippen molar-refractivity contribution in [3.8, 4) is 0 Å². The molecule has 1 fully saturated rings. The number of benzene rings is 1. The highest BCUT2D eigenvalue weighted by atomic mass is 16.5. The Bertz CT molecular complexity index is 526. The standard InChI is InChI=1S/C15H20N2O4/c1-3-21-11-8-10(9-11)16-15(20)17(2)13-7-5-4-6-12(13)14(18)19/h4-7,10-11H,3,8-9H2,1-2H3,(H,16,20)(H,18,19). The van der Waals surface area contributed by atoms with Gasteiger partial charge in [-0.25, -0.2) is 9.59 Å². The van der Waals surface area contributed by atoms with Gasteiger partial charge in [-0.05, 0) is 31.9 Å². The smallest absolute Gasteiger partial charge is 0.337 e. The summed E-state index contributed by atoms with van der Waals surface area (Å²) in [5.41, 5.74) is 0.485. The minimum absolute atomic E-state index is 0.0912. The van der Waals surface area contributed by atoms with Crippen LogP contribution in [0.25, 0.3) is 0 Å². The summed E-state index contributed by atoms with van der Waals surface area (Å²) in [4.78, 5) is 24.7. The fourth-order valence-electron chi connectivity index (χ4n) is 2.38. The first-order valence-corrected chi connectivity index (χ1v) is 7.01. The molecule has 2 rings (SSSR count). The van der Waals surface area contributed by atoms with Crippen LogP contribution in [0.3, 0.4) is 0 Å². The lowest BCUT2D eigenvalue weighted by Crippen LogP contribution is -2.51. The van der Waals surface area contributed by atoms with Crippen molar-refractivity contribution < 1.29 is 19.4 Å². The van der Waals surface area contributed by atoms with E-state index in [4.69, 9.17) is 9.84 Å². The van der Waals surface area contributed by atoms with Gasteiger partial charge in [0.15, 0.2) is 0 Å². The van der Waals surface area contributed by atoms with Crippen LogP contribution in [0.4, 0.5) is 10.5 Å². The maximum Gasteiger partial charge on any atom is 0.337 e. The third-order valence-corrected chi connectivity index (χ3v) is 3.63. The molecule has 2 N–H and O–H groups in total. The van der Waals surface area contributed by atoms with Gasteiger partial charge in [-0.1, -0.05) is 12.1 Å². The molecule has 1 aromatic rings. The second-order valence-corrected chi connectivity index (χ2v) is 5.08. The number of carboxylic acid groups (broad SMARTS) is 1. The van der Waals surface area contributed by atoms with Gasteiger partial charge in [0.1, 0.15) is 0 Å². The van der Waals surface area contributed by atoms with Crippen LogP contribution in [0.15, 0.2) is 24.3 Å². The van der Waals surface area contributed by atoms with E-state index < -0.39 is 5.97 Å². The van der Waals surface area contributed by atoms with E-state index >= 15 is 0 Å². The number of nitrogens with zero attached hydrogens (tertiary/aromatic N) is 1. The van der Waals surface area contributed by atoms with Gasteiger partial charge in [0.2, 0.25) is 0 Å². The number of para-hydroxylation sites is 1. The maximum absolute atomic E-state index is 12.2. The molecule has 6 nitrogen and oxygen atoms in total. The Morgan fingerprint density at radius 2 is 2.05 bits per heavy atom. The van der Waals surface area contributed by atoms with Gasteiger partial charge in [0.25, 0.3) is 0 Å². The quantitative estimate of drug-likeness (QED) is 0.871. The number of urea groups is 1. The lowest BCUT2D eigenvalue weighted by Gasteiger charge is -2.36. The van der Waals surface area contributed by atoms with E-state index in [-0.39, 0.29) is 23.7 Å². The van der Waals surface area contributed by atoms with Crippen molar-refractivity contribution in [1.82, 2.24) is 5.32 Å². The van der Waals surface area contributed by atoms with Crippen LogP contribution < -0.4 is 10.2 Å². The summed E-state index contributed by atoms with van der Waals surface area (Å²) < 4.78 is 5.44. The number of carbonyl (C=O) groups excluding carboxylic acids is 1. The Kier molecular flexibility index (Phi) is 4.80. The predicted molar refractivity (Wildman–Crippen MR) is 78.8 cm³/mol. The highest BCUT2D eigenvalue weighted by molar-refractivity contribution is 6.01. The number of aromatic carboxylic acids is 1. The van der Waals surface area contributed by atoms with E-state index in [1.165, 1.54) is 11.0 Å². The highest BCUT2D eigenvalue weighted by Gasteiger charge is 2.31. The number of rotatable bonds is 5. The predicted octanol–water partition coefficient (Wildman–Crippen LogP) is 2.10. The Labute approximate surface area is 123 Å². The number of carboxylic acids is 1. The molecular weight excluding hydrogens is 272 g/mol. The van der Waals surface area contributed by atoms with Crippen molar-refractivity contribution in [2.45, 2.75) is 31.9 Å². The van der Waals surface area contributed by atoms with Crippen LogP contribution in [0.1, 0.15) is 30.1 Å². The summed E-state index contributed by atoms with van der Waals surface area (Å²) in [6.45, 7) is 2.62. The first-order valence-electron chi connectivity index (χ1n) is 7.01. The molecule has 0 unspecified atom stereocenters. The molecular formula is C15H20N2O4. The molecule has 0 saturated heterocycles. The normalized spacial score (nSPS) is 20.5. The summed E-state index contributed by atoms with van der Waals surface area (Å²) in [5.74, 6) is -1.05. The molecule has 0 aliphatic heterocycles. The Morgan fingerprint density at radius 3 is 2.67 bits per heavy atom. The average molecular weight is 292 g/mol. The van der Waals surface area contributed by atoms with Gasteiger partial charge in [0.05, 0.1) is 17.4 Å². The largest absolute Gasteiger partial charge is 0.478 e. The van der Waals surface area contributed by atoms with Crippen molar-refractivity contribution in [3.63, 3.8) is 0 Å². The molecule has 1 aliphatic rings. The minimum Gasteiger partial charge on any atom is -0.478 e. The molecule has 6 heteroatoms. The van der Waals surface area contributed by atoms with Gasteiger partial charge in [0, 0.05) is 19.7 Å². The fraction of sp³-hybridized carbons (Fsp3) is 0.467. The Balaban J connectivity index is 1.96. The third-order valence-electron chi connectivity index (χ3n) is 3.63. The minimum atomic E-state index is -1.05. The van der Waals surface area contributed by atoms with E-state index in [9.17, 15) is 9.59 Å². The zero-order valence-corrected chi connectivity index (χ0v) is 12.2. The van der Waals surface area contributed by atoms with E-state index in [1.54, 1.807) is 25.2 Å². The summed E-state index contributed by atoms with van der Waals surface area (Å²) in [5, 5.41) is 12.0. The summed E-state index contributed by atoms with van der Waals surface area (Å²) in [6.07, 6.45) is 1.82. The van der Waals surface area contributed by atoms with Gasteiger partial charge in [-0.15, -0.1) is 0 Å². The number of hydrogen-bond acceptors (Lipinski definition) is 3. The summed E-state index contributed by atoms with van der Waals surface area (Å²) in [6, 6.07) is 6.23. The average Bonchev–Trinajstić information content (AvgIpc) is 2.44. The molecule has 1 saturated carbocycles. The maximum atomic E-state index is 12.2. The van der Waals surface area contributed by atoms with Gasteiger partial charge in [-0.3, -0.25) is 4.90 Å². The van der Waals surface area contributed by atoms with E-state index in [0.717, 1.165) is 12.8 Å². The van der Waals surface area contributed by atoms with Crippen LogP contribution in [-0.2, 0) is 4.74 Å². The van der Waals surface area contributed by atoms with Crippen molar-refractivity contribution in [2.24, 2.45) is 0 Å².